The second-order valence-electron chi connectivity index (χ2n) is 5.39. The lowest BCUT2D eigenvalue weighted by molar-refractivity contribution is -0.125. The van der Waals surface area contributed by atoms with Crippen LogP contribution in [0.5, 0.6) is 0 Å². The van der Waals surface area contributed by atoms with Crippen molar-refractivity contribution in [1.29, 1.82) is 0 Å². The third-order valence-electron chi connectivity index (χ3n) is 3.21. The Hall–Kier alpha value is -2.16. The van der Waals surface area contributed by atoms with Crippen LogP contribution in [-0.4, -0.2) is 39.2 Å². The third kappa shape index (κ3) is 6.69. The van der Waals surface area contributed by atoms with E-state index in [1.165, 1.54) is 6.20 Å². The molecule has 0 saturated carbocycles. The SMILES string of the molecule is CC(C)[C@H](N)C(=O)NCC(=O)Nc1ccc(-n2cccn2)nc1.Cl.Cl. The topological polar surface area (TPSA) is 115 Å². The van der Waals surface area contributed by atoms with Crippen LogP contribution in [0.15, 0.2) is 36.8 Å². The minimum absolute atomic E-state index is 0. The molecule has 0 unspecified atom stereocenters. The lowest BCUT2D eigenvalue weighted by Crippen LogP contribution is -2.46. The summed E-state index contributed by atoms with van der Waals surface area (Å²) in [5.74, 6) is -0.0356. The van der Waals surface area contributed by atoms with E-state index in [0.717, 1.165) is 0 Å². The molecule has 138 valence electrons. The second kappa shape index (κ2) is 10.7. The number of aromatic nitrogens is 3. The summed E-state index contributed by atoms with van der Waals surface area (Å²) in [6.07, 6.45) is 4.95. The minimum atomic E-state index is -0.627. The van der Waals surface area contributed by atoms with E-state index in [-0.39, 0.29) is 49.1 Å². The number of hydrogen-bond acceptors (Lipinski definition) is 5. The molecule has 0 fully saturated rings. The molecule has 2 amide bonds. The molecule has 0 spiro atoms. The zero-order valence-electron chi connectivity index (χ0n) is 13.9. The van der Waals surface area contributed by atoms with Crippen LogP contribution < -0.4 is 16.4 Å². The summed E-state index contributed by atoms with van der Waals surface area (Å²) in [4.78, 5) is 27.7. The number of anilines is 1. The molecule has 2 aromatic rings. The maximum atomic E-state index is 11.8. The number of carbonyl (C=O) groups is 2. The molecular weight excluding hydrogens is 367 g/mol. The molecule has 4 N–H and O–H groups in total. The Balaban J connectivity index is 0.00000288. The lowest BCUT2D eigenvalue weighted by Gasteiger charge is -2.15. The number of hydrogen-bond donors (Lipinski definition) is 3. The smallest absolute Gasteiger partial charge is 0.243 e. The van der Waals surface area contributed by atoms with Gasteiger partial charge in [0.1, 0.15) is 0 Å². The molecule has 2 aromatic heterocycles. The molecule has 1 atom stereocenters. The molecule has 2 rings (SSSR count). The zero-order valence-corrected chi connectivity index (χ0v) is 15.5. The van der Waals surface area contributed by atoms with Gasteiger partial charge in [0.2, 0.25) is 11.8 Å². The summed E-state index contributed by atoms with van der Waals surface area (Å²) >= 11 is 0. The van der Waals surface area contributed by atoms with Gasteiger partial charge in [0.15, 0.2) is 5.82 Å². The first-order valence-corrected chi connectivity index (χ1v) is 7.26. The highest BCUT2D eigenvalue weighted by atomic mass is 35.5. The van der Waals surface area contributed by atoms with Crippen molar-refractivity contribution < 1.29 is 9.59 Å². The highest BCUT2D eigenvalue weighted by molar-refractivity contribution is 5.95. The van der Waals surface area contributed by atoms with Crippen molar-refractivity contribution in [2.45, 2.75) is 19.9 Å². The number of amides is 2. The highest BCUT2D eigenvalue weighted by Gasteiger charge is 2.17. The average molecular weight is 389 g/mol. The quantitative estimate of drug-likeness (QED) is 0.686. The van der Waals surface area contributed by atoms with Crippen molar-refractivity contribution in [1.82, 2.24) is 20.1 Å². The van der Waals surface area contributed by atoms with Gasteiger partial charge in [-0.25, -0.2) is 9.67 Å². The fraction of sp³-hybridized carbons (Fsp3) is 0.333. The molecule has 0 aromatic carbocycles. The Bertz CT molecular complexity index is 661. The normalized spacial score (nSPS) is 11.0. The first kappa shape index (κ1) is 22.8. The predicted molar refractivity (Wildman–Crippen MR) is 100 cm³/mol. The Morgan fingerprint density at radius 2 is 2.00 bits per heavy atom. The van der Waals surface area contributed by atoms with Crippen LogP contribution in [0.25, 0.3) is 5.82 Å². The van der Waals surface area contributed by atoms with Crippen molar-refractivity contribution in [3.8, 4) is 5.82 Å². The largest absolute Gasteiger partial charge is 0.346 e. The van der Waals surface area contributed by atoms with Crippen molar-refractivity contribution in [2.24, 2.45) is 11.7 Å². The van der Waals surface area contributed by atoms with Crippen LogP contribution in [0.1, 0.15) is 13.8 Å². The van der Waals surface area contributed by atoms with Crippen LogP contribution in [0, 0.1) is 5.92 Å². The van der Waals surface area contributed by atoms with E-state index in [9.17, 15) is 9.59 Å². The maximum absolute atomic E-state index is 11.8. The van der Waals surface area contributed by atoms with Gasteiger partial charge in [-0.15, -0.1) is 24.8 Å². The number of nitrogens with two attached hydrogens (primary N) is 1. The van der Waals surface area contributed by atoms with Crippen molar-refractivity contribution >= 4 is 42.3 Å². The lowest BCUT2D eigenvalue weighted by atomic mass is 10.1. The summed E-state index contributed by atoms with van der Waals surface area (Å²) in [6, 6.07) is 4.61. The molecule has 10 heteroatoms. The number of nitrogens with zero attached hydrogens (tertiary/aromatic N) is 3. The van der Waals surface area contributed by atoms with Crippen LogP contribution in [0.2, 0.25) is 0 Å². The summed E-state index contributed by atoms with van der Waals surface area (Å²) in [6.45, 7) is 3.55. The molecule has 0 aliphatic rings. The minimum Gasteiger partial charge on any atom is -0.346 e. The molecule has 8 nitrogen and oxygen atoms in total. The molecular formula is C15H22Cl2N6O2. The third-order valence-corrected chi connectivity index (χ3v) is 3.21. The first-order valence-electron chi connectivity index (χ1n) is 7.26. The van der Waals surface area contributed by atoms with Gasteiger partial charge in [0, 0.05) is 12.4 Å². The number of carbonyl (C=O) groups excluding carboxylic acids is 2. The fourth-order valence-electron chi connectivity index (χ4n) is 1.79. The van der Waals surface area contributed by atoms with E-state index in [1.807, 2.05) is 13.8 Å². The van der Waals surface area contributed by atoms with Gasteiger partial charge in [-0.1, -0.05) is 13.8 Å². The van der Waals surface area contributed by atoms with E-state index in [4.69, 9.17) is 5.73 Å². The molecule has 0 bridgehead atoms. The number of pyridine rings is 1. The zero-order chi connectivity index (χ0) is 16.8. The molecule has 0 saturated heterocycles. The highest BCUT2D eigenvalue weighted by Crippen LogP contribution is 2.08. The number of halogens is 2. The van der Waals surface area contributed by atoms with Gasteiger partial charge in [0.25, 0.3) is 0 Å². The number of nitrogens with one attached hydrogen (secondary N) is 2. The molecule has 0 aliphatic carbocycles. The van der Waals surface area contributed by atoms with Gasteiger partial charge in [-0.05, 0) is 24.1 Å². The summed E-state index contributed by atoms with van der Waals surface area (Å²) in [5.41, 5.74) is 6.24. The van der Waals surface area contributed by atoms with Crippen molar-refractivity contribution in [3.63, 3.8) is 0 Å². The standard InChI is InChI=1S/C15H20N6O2.2ClH/c1-10(2)14(16)15(23)18-9-13(22)20-11-4-5-12(17-8-11)21-7-3-6-19-21;;/h3-8,10,14H,9,16H2,1-2H3,(H,18,23)(H,20,22);2*1H/t14-;;/m0../s1. The summed E-state index contributed by atoms with van der Waals surface area (Å²) in [5, 5.41) is 9.22. The van der Waals surface area contributed by atoms with E-state index in [0.29, 0.717) is 11.5 Å². The average Bonchev–Trinajstić information content (AvgIpc) is 3.07. The first-order chi connectivity index (χ1) is 11.0. The Morgan fingerprint density at radius 3 is 2.52 bits per heavy atom. The molecule has 0 radical (unpaired) electrons. The van der Waals surface area contributed by atoms with Gasteiger partial charge in [0.05, 0.1) is 24.5 Å². The number of rotatable bonds is 6. The van der Waals surface area contributed by atoms with E-state index in [1.54, 1.807) is 35.3 Å². The Labute approximate surface area is 158 Å². The molecule has 0 aliphatic heterocycles. The van der Waals surface area contributed by atoms with Crippen molar-refractivity contribution in [3.05, 3.63) is 36.8 Å². The maximum Gasteiger partial charge on any atom is 0.243 e. The second-order valence-corrected chi connectivity index (χ2v) is 5.39. The van der Waals surface area contributed by atoms with E-state index >= 15 is 0 Å². The van der Waals surface area contributed by atoms with Crippen LogP contribution in [0.4, 0.5) is 5.69 Å². The van der Waals surface area contributed by atoms with Gasteiger partial charge >= 0.3 is 0 Å². The van der Waals surface area contributed by atoms with Gasteiger partial charge in [-0.2, -0.15) is 5.10 Å². The van der Waals surface area contributed by atoms with Gasteiger partial charge in [-0.3, -0.25) is 9.59 Å². The summed E-state index contributed by atoms with van der Waals surface area (Å²) < 4.78 is 1.61. The Morgan fingerprint density at radius 1 is 1.28 bits per heavy atom. The molecule has 2 heterocycles. The fourth-order valence-corrected chi connectivity index (χ4v) is 1.79. The van der Waals surface area contributed by atoms with E-state index < -0.39 is 6.04 Å². The van der Waals surface area contributed by atoms with Crippen LogP contribution >= 0.6 is 24.8 Å². The van der Waals surface area contributed by atoms with Crippen LogP contribution in [-0.2, 0) is 9.59 Å². The Kier molecular flexibility index (Phi) is 9.73. The van der Waals surface area contributed by atoms with E-state index in [2.05, 4.69) is 20.7 Å². The van der Waals surface area contributed by atoms with Crippen molar-refractivity contribution in [2.75, 3.05) is 11.9 Å². The van der Waals surface area contributed by atoms with Gasteiger partial charge < -0.3 is 16.4 Å². The van der Waals surface area contributed by atoms with Crippen LogP contribution in [0.3, 0.4) is 0 Å². The monoisotopic (exact) mass is 388 g/mol. The predicted octanol–water partition coefficient (Wildman–Crippen LogP) is 1.15. The summed E-state index contributed by atoms with van der Waals surface area (Å²) in [7, 11) is 0. The molecule has 25 heavy (non-hydrogen) atoms.